The molecule has 0 unspecified atom stereocenters. The van der Waals surface area contributed by atoms with Crippen LogP contribution in [0.2, 0.25) is 0 Å². The van der Waals surface area contributed by atoms with E-state index in [0.29, 0.717) is 4.90 Å². The van der Waals surface area contributed by atoms with Gasteiger partial charge in [0.15, 0.2) is 0 Å². The lowest BCUT2D eigenvalue weighted by atomic mass is 9.98. The van der Waals surface area contributed by atoms with Crippen LogP contribution in [0.5, 0.6) is 0 Å². The molecule has 1 aliphatic rings. The van der Waals surface area contributed by atoms with Gasteiger partial charge in [0.2, 0.25) is 0 Å². The van der Waals surface area contributed by atoms with Gasteiger partial charge in [0.1, 0.15) is 6.04 Å². The van der Waals surface area contributed by atoms with E-state index in [4.69, 9.17) is 5.11 Å². The molecule has 0 saturated heterocycles. The predicted octanol–water partition coefficient (Wildman–Crippen LogP) is 2.29. The molecule has 138 valence electrons. The first kappa shape index (κ1) is 18.3. The highest BCUT2D eigenvalue weighted by Gasteiger charge is 2.43. The van der Waals surface area contributed by atoms with E-state index in [1.165, 1.54) is 12.1 Å². The van der Waals surface area contributed by atoms with E-state index in [9.17, 15) is 24.3 Å². The minimum Gasteiger partial charge on any atom is -0.480 e. The number of rotatable bonds is 5. The lowest BCUT2D eigenvalue weighted by molar-refractivity contribution is -0.141. The molecular formula is C20H17NO6. The molecule has 0 bridgehead atoms. The molecule has 27 heavy (non-hydrogen) atoms. The van der Waals surface area contributed by atoms with Gasteiger partial charge in [0.05, 0.1) is 16.7 Å². The lowest BCUT2D eigenvalue weighted by Gasteiger charge is -2.23. The largest absolute Gasteiger partial charge is 0.480 e. The normalized spacial score (nSPS) is 14.2. The van der Waals surface area contributed by atoms with Gasteiger partial charge in [-0.2, -0.15) is 0 Å². The SMILES string of the molecule is Cc1ccc(C[C@H](C(=O)O)N2C(=O)c3ccc(C(=O)O)cc3C2=O)c(C)c1. The summed E-state index contributed by atoms with van der Waals surface area (Å²) in [5.74, 6) is -4.07. The van der Waals surface area contributed by atoms with E-state index in [2.05, 4.69) is 0 Å². The summed E-state index contributed by atoms with van der Waals surface area (Å²) >= 11 is 0. The molecule has 0 fully saturated rings. The third-order valence-corrected chi connectivity index (χ3v) is 4.67. The van der Waals surface area contributed by atoms with Crippen LogP contribution in [0.3, 0.4) is 0 Å². The second kappa shape index (κ2) is 6.68. The Morgan fingerprint density at radius 3 is 2.22 bits per heavy atom. The number of benzene rings is 2. The summed E-state index contributed by atoms with van der Waals surface area (Å²) in [6.45, 7) is 3.75. The van der Waals surface area contributed by atoms with Gasteiger partial charge in [-0.15, -0.1) is 0 Å². The monoisotopic (exact) mass is 367 g/mol. The molecule has 2 aromatic carbocycles. The van der Waals surface area contributed by atoms with Crippen molar-refractivity contribution in [3.63, 3.8) is 0 Å². The van der Waals surface area contributed by atoms with E-state index in [1.807, 2.05) is 26.0 Å². The zero-order valence-corrected chi connectivity index (χ0v) is 14.7. The van der Waals surface area contributed by atoms with Crippen molar-refractivity contribution >= 4 is 23.8 Å². The quantitative estimate of drug-likeness (QED) is 0.784. The molecule has 0 aliphatic carbocycles. The van der Waals surface area contributed by atoms with Crippen molar-refractivity contribution in [3.8, 4) is 0 Å². The van der Waals surface area contributed by atoms with Crippen molar-refractivity contribution in [1.82, 2.24) is 4.90 Å². The first-order chi connectivity index (χ1) is 12.7. The molecule has 2 amide bonds. The Kier molecular flexibility index (Phi) is 4.53. The van der Waals surface area contributed by atoms with Crippen LogP contribution in [0, 0.1) is 13.8 Å². The van der Waals surface area contributed by atoms with E-state index in [0.717, 1.165) is 22.8 Å². The van der Waals surface area contributed by atoms with Crippen molar-refractivity contribution in [2.24, 2.45) is 0 Å². The van der Waals surface area contributed by atoms with Gasteiger partial charge in [-0.3, -0.25) is 14.5 Å². The number of fused-ring (bicyclic) bond motifs is 1. The van der Waals surface area contributed by atoms with E-state index >= 15 is 0 Å². The number of carboxylic acids is 2. The first-order valence-corrected chi connectivity index (χ1v) is 8.25. The van der Waals surface area contributed by atoms with Crippen LogP contribution in [0.4, 0.5) is 0 Å². The average Bonchev–Trinajstić information content (AvgIpc) is 2.85. The summed E-state index contributed by atoms with van der Waals surface area (Å²) in [6.07, 6.45) is -0.0291. The van der Waals surface area contributed by atoms with Crippen LogP contribution in [0.1, 0.15) is 47.8 Å². The topological polar surface area (TPSA) is 112 Å². The maximum atomic E-state index is 12.7. The number of aromatic carboxylic acids is 1. The number of carbonyl (C=O) groups is 4. The number of amides is 2. The van der Waals surface area contributed by atoms with Gasteiger partial charge in [-0.05, 0) is 43.2 Å². The number of aryl methyl sites for hydroxylation is 2. The van der Waals surface area contributed by atoms with Crippen LogP contribution in [0.15, 0.2) is 36.4 Å². The van der Waals surface area contributed by atoms with Crippen LogP contribution in [0.25, 0.3) is 0 Å². The van der Waals surface area contributed by atoms with Gasteiger partial charge in [-0.1, -0.05) is 23.8 Å². The average molecular weight is 367 g/mol. The Hall–Kier alpha value is -3.48. The van der Waals surface area contributed by atoms with Gasteiger partial charge < -0.3 is 10.2 Å². The van der Waals surface area contributed by atoms with Crippen LogP contribution < -0.4 is 0 Å². The molecule has 7 nitrogen and oxygen atoms in total. The van der Waals surface area contributed by atoms with Crippen molar-refractivity contribution in [3.05, 3.63) is 69.8 Å². The number of hydrogen-bond donors (Lipinski definition) is 2. The third kappa shape index (κ3) is 3.19. The van der Waals surface area contributed by atoms with Crippen LogP contribution in [-0.2, 0) is 11.2 Å². The molecule has 1 heterocycles. The Morgan fingerprint density at radius 1 is 0.963 bits per heavy atom. The number of hydrogen-bond acceptors (Lipinski definition) is 4. The Labute approximate surface area is 154 Å². The first-order valence-electron chi connectivity index (χ1n) is 8.25. The number of carbonyl (C=O) groups excluding carboxylic acids is 2. The second-order valence-corrected chi connectivity index (χ2v) is 6.53. The molecular weight excluding hydrogens is 350 g/mol. The highest BCUT2D eigenvalue weighted by Crippen LogP contribution is 2.28. The maximum absolute atomic E-state index is 12.7. The number of aliphatic carboxylic acids is 1. The van der Waals surface area contributed by atoms with Crippen LogP contribution >= 0.6 is 0 Å². The molecule has 3 rings (SSSR count). The molecule has 1 aliphatic heterocycles. The molecule has 2 aromatic rings. The third-order valence-electron chi connectivity index (χ3n) is 4.67. The molecule has 0 aromatic heterocycles. The number of carboxylic acid groups (broad SMARTS) is 2. The highest BCUT2D eigenvalue weighted by molar-refractivity contribution is 6.23. The second-order valence-electron chi connectivity index (χ2n) is 6.53. The lowest BCUT2D eigenvalue weighted by Crippen LogP contribution is -2.46. The summed E-state index contributed by atoms with van der Waals surface area (Å²) in [7, 11) is 0. The number of imide groups is 1. The van der Waals surface area contributed by atoms with E-state index < -0.39 is 29.8 Å². The van der Waals surface area contributed by atoms with Crippen LogP contribution in [-0.4, -0.2) is 44.9 Å². The fraction of sp³-hybridized carbons (Fsp3) is 0.200. The van der Waals surface area contributed by atoms with E-state index in [1.54, 1.807) is 6.07 Å². The molecule has 0 radical (unpaired) electrons. The highest BCUT2D eigenvalue weighted by atomic mass is 16.4. The minimum atomic E-state index is -1.38. The fourth-order valence-corrected chi connectivity index (χ4v) is 3.25. The standard InChI is InChI=1S/C20H17NO6/c1-10-3-4-12(11(2)7-10)9-16(20(26)27)21-17(22)14-6-5-13(19(24)25)8-15(14)18(21)23/h3-8,16H,9H2,1-2H3,(H,24,25)(H,26,27)/t16-/m1/s1. The van der Waals surface area contributed by atoms with Crippen molar-refractivity contribution in [1.29, 1.82) is 0 Å². The Bertz CT molecular complexity index is 994. The smallest absolute Gasteiger partial charge is 0.335 e. The molecule has 2 N–H and O–H groups in total. The van der Waals surface area contributed by atoms with Gasteiger partial charge in [0.25, 0.3) is 11.8 Å². The van der Waals surface area contributed by atoms with Gasteiger partial charge in [0, 0.05) is 6.42 Å². The van der Waals surface area contributed by atoms with Gasteiger partial charge in [-0.25, -0.2) is 9.59 Å². The summed E-state index contributed by atoms with van der Waals surface area (Å²) in [5, 5.41) is 18.7. The molecule has 1 atom stereocenters. The zero-order chi connectivity index (χ0) is 19.9. The fourth-order valence-electron chi connectivity index (χ4n) is 3.25. The Morgan fingerprint density at radius 2 is 1.63 bits per heavy atom. The molecule has 0 spiro atoms. The molecule has 0 saturated carbocycles. The summed E-state index contributed by atoms with van der Waals surface area (Å²) in [5.41, 5.74) is 2.38. The predicted molar refractivity (Wildman–Crippen MR) is 94.9 cm³/mol. The zero-order valence-electron chi connectivity index (χ0n) is 14.7. The van der Waals surface area contributed by atoms with Crippen molar-refractivity contribution in [2.75, 3.05) is 0 Å². The molecule has 7 heteroatoms. The maximum Gasteiger partial charge on any atom is 0.335 e. The van der Waals surface area contributed by atoms with Gasteiger partial charge >= 0.3 is 11.9 Å². The summed E-state index contributed by atoms with van der Waals surface area (Å²) in [6, 6.07) is 7.70. The van der Waals surface area contributed by atoms with Crippen molar-refractivity contribution in [2.45, 2.75) is 26.3 Å². The summed E-state index contributed by atoms with van der Waals surface area (Å²) < 4.78 is 0. The number of nitrogens with zero attached hydrogens (tertiary/aromatic N) is 1. The van der Waals surface area contributed by atoms with E-state index in [-0.39, 0.29) is 23.1 Å². The summed E-state index contributed by atoms with van der Waals surface area (Å²) in [4.78, 5) is 49.0. The van der Waals surface area contributed by atoms with Crippen molar-refractivity contribution < 1.29 is 29.4 Å². The minimum absolute atomic E-state index is 0.0110. The Balaban J connectivity index is 1.99.